The molecule has 0 unspecified atom stereocenters. The van der Waals surface area contributed by atoms with Crippen molar-refractivity contribution in [3.8, 4) is 0 Å². The fourth-order valence-corrected chi connectivity index (χ4v) is 2.72. The Morgan fingerprint density at radius 1 is 1.24 bits per heavy atom. The molecule has 9 heteroatoms. The smallest absolute Gasteiger partial charge is 0.372 e. The number of aromatic carboxylic acids is 2. The maximum absolute atomic E-state index is 11.2. The van der Waals surface area contributed by atoms with Crippen molar-refractivity contribution in [3.05, 3.63) is 23.2 Å². The summed E-state index contributed by atoms with van der Waals surface area (Å²) in [5, 5.41) is 38.3. The molecule has 3 heterocycles. The Bertz CT molecular complexity index is 606. The van der Waals surface area contributed by atoms with E-state index in [1.54, 1.807) is 0 Å². The van der Waals surface area contributed by atoms with Gasteiger partial charge in [0.25, 0.3) is 0 Å². The molecule has 2 aliphatic rings. The number of furan rings is 1. The van der Waals surface area contributed by atoms with E-state index in [2.05, 4.69) is 0 Å². The number of carboxylic acid groups (broad SMARTS) is 2. The Kier molecular flexibility index (Phi) is 3.02. The average Bonchev–Trinajstić information content (AvgIpc) is 3.07. The highest BCUT2D eigenvalue weighted by molar-refractivity contribution is 5.91. The molecule has 9 nitrogen and oxygen atoms in total. The quantitative estimate of drug-likeness (QED) is 0.553. The Morgan fingerprint density at radius 2 is 1.95 bits per heavy atom. The predicted molar refractivity (Wildman–Crippen MR) is 62.0 cm³/mol. The number of hydrogen-bond donors (Lipinski definition) is 4. The van der Waals surface area contributed by atoms with Crippen LogP contribution in [-0.2, 0) is 15.1 Å². The van der Waals surface area contributed by atoms with Gasteiger partial charge >= 0.3 is 11.9 Å². The predicted octanol–water partition coefficient (Wildman–Crippen LogP) is -0.978. The number of rotatable bonds is 3. The van der Waals surface area contributed by atoms with Gasteiger partial charge in [-0.25, -0.2) is 9.59 Å². The van der Waals surface area contributed by atoms with Crippen LogP contribution in [0.2, 0.25) is 0 Å². The van der Waals surface area contributed by atoms with Crippen LogP contribution in [0.15, 0.2) is 10.5 Å². The largest absolute Gasteiger partial charge is 0.475 e. The molecule has 114 valence electrons. The van der Waals surface area contributed by atoms with E-state index in [9.17, 15) is 19.8 Å². The molecule has 4 N–H and O–H groups in total. The molecular weight excluding hydrogens is 288 g/mol. The lowest BCUT2D eigenvalue weighted by Crippen LogP contribution is -2.41. The first-order valence-corrected chi connectivity index (χ1v) is 6.09. The molecule has 0 aromatic carbocycles. The van der Waals surface area contributed by atoms with Gasteiger partial charge in [-0.3, -0.25) is 0 Å². The molecule has 0 amide bonds. The lowest BCUT2D eigenvalue weighted by atomic mass is 9.88. The third-order valence-electron chi connectivity index (χ3n) is 3.69. The maximum atomic E-state index is 11.2. The molecule has 2 fully saturated rings. The van der Waals surface area contributed by atoms with Crippen LogP contribution in [0.5, 0.6) is 0 Å². The second-order valence-corrected chi connectivity index (χ2v) is 4.98. The lowest BCUT2D eigenvalue weighted by Gasteiger charge is -2.25. The number of aliphatic hydroxyl groups is 2. The van der Waals surface area contributed by atoms with Gasteiger partial charge in [0.15, 0.2) is 0 Å². The third kappa shape index (κ3) is 1.94. The molecule has 1 aromatic heterocycles. The van der Waals surface area contributed by atoms with Gasteiger partial charge in [-0.2, -0.15) is 0 Å². The second-order valence-electron chi connectivity index (χ2n) is 4.98. The van der Waals surface area contributed by atoms with Crippen molar-refractivity contribution in [1.82, 2.24) is 0 Å². The Labute approximate surface area is 117 Å². The highest BCUT2D eigenvalue weighted by atomic mass is 16.6. The van der Waals surface area contributed by atoms with Gasteiger partial charge in [-0.15, -0.1) is 0 Å². The summed E-state index contributed by atoms with van der Waals surface area (Å²) in [5.74, 6) is -4.29. The number of hydrogen-bond acceptors (Lipinski definition) is 7. The summed E-state index contributed by atoms with van der Waals surface area (Å²) in [4.78, 5) is 22.1. The number of carbonyl (C=O) groups is 2. The van der Waals surface area contributed by atoms with Crippen LogP contribution < -0.4 is 0 Å². The van der Waals surface area contributed by atoms with E-state index < -0.39 is 47.4 Å². The van der Waals surface area contributed by atoms with E-state index in [0.717, 1.165) is 6.07 Å². The summed E-state index contributed by atoms with van der Waals surface area (Å²) in [6.07, 6.45) is -2.74. The first-order chi connectivity index (χ1) is 9.84. The molecule has 0 bridgehead atoms. The van der Waals surface area contributed by atoms with Crippen molar-refractivity contribution in [3.63, 3.8) is 0 Å². The van der Waals surface area contributed by atoms with E-state index in [1.165, 1.54) is 0 Å². The van der Waals surface area contributed by atoms with Gasteiger partial charge in [-0.1, -0.05) is 0 Å². The maximum Gasteiger partial charge on any atom is 0.372 e. The minimum atomic E-state index is -1.90. The van der Waals surface area contributed by atoms with Crippen LogP contribution in [0, 0.1) is 0 Å². The molecule has 0 spiro atoms. The van der Waals surface area contributed by atoms with Crippen molar-refractivity contribution in [2.24, 2.45) is 0 Å². The van der Waals surface area contributed by atoms with Gasteiger partial charge in [0.2, 0.25) is 11.5 Å². The molecule has 3 rings (SSSR count). The van der Waals surface area contributed by atoms with Gasteiger partial charge in [0, 0.05) is 5.56 Å². The zero-order valence-corrected chi connectivity index (χ0v) is 10.6. The van der Waals surface area contributed by atoms with Gasteiger partial charge < -0.3 is 34.3 Å². The molecule has 2 aliphatic heterocycles. The van der Waals surface area contributed by atoms with Crippen LogP contribution in [0.25, 0.3) is 0 Å². The summed E-state index contributed by atoms with van der Waals surface area (Å²) in [5.41, 5.74) is -2.14. The van der Waals surface area contributed by atoms with E-state index in [-0.39, 0.29) is 18.8 Å². The second kappa shape index (κ2) is 4.53. The van der Waals surface area contributed by atoms with Crippen LogP contribution in [0.1, 0.15) is 26.7 Å². The molecule has 0 radical (unpaired) electrons. The Balaban J connectivity index is 2.07. The van der Waals surface area contributed by atoms with Crippen molar-refractivity contribution in [2.75, 3.05) is 13.2 Å². The summed E-state index contributed by atoms with van der Waals surface area (Å²) in [6, 6.07) is 0.936. The standard InChI is InChI=1S/C12H12O9/c13-5-2-19-9-8(5)20-3-12(9,18)4-1-6(10(14)15)21-7(4)11(16)17/h1,5,8-9,13,18H,2-3H2,(H,14,15)(H,16,17)/t5-,8-,9+,12+/m1/s1. The van der Waals surface area contributed by atoms with Crippen LogP contribution in [0.4, 0.5) is 0 Å². The van der Waals surface area contributed by atoms with Gasteiger partial charge in [-0.05, 0) is 6.07 Å². The van der Waals surface area contributed by atoms with E-state index >= 15 is 0 Å². The fourth-order valence-electron chi connectivity index (χ4n) is 2.72. The molecular formula is C12H12O9. The molecule has 0 saturated carbocycles. The zero-order chi connectivity index (χ0) is 15.4. The SMILES string of the molecule is O=C(O)c1cc([C@@]2(O)CO[C@@H]3[C@H](O)CO[C@@H]32)c(C(=O)O)o1. The molecule has 1 aromatic rings. The number of ether oxygens (including phenoxy) is 2. The highest BCUT2D eigenvalue weighted by Crippen LogP contribution is 2.42. The minimum absolute atomic E-state index is 0.0658. The highest BCUT2D eigenvalue weighted by Gasteiger charge is 2.58. The van der Waals surface area contributed by atoms with Crippen LogP contribution >= 0.6 is 0 Å². The van der Waals surface area contributed by atoms with Crippen molar-refractivity contribution in [2.45, 2.75) is 23.9 Å². The summed E-state index contributed by atoms with van der Waals surface area (Å²) >= 11 is 0. The summed E-state index contributed by atoms with van der Waals surface area (Å²) < 4.78 is 15.3. The first-order valence-electron chi connectivity index (χ1n) is 6.09. The lowest BCUT2D eigenvalue weighted by molar-refractivity contribution is -0.0746. The number of aliphatic hydroxyl groups excluding tert-OH is 1. The normalized spacial score (nSPS) is 34.9. The molecule has 4 atom stereocenters. The fraction of sp³-hybridized carbons (Fsp3) is 0.500. The molecule has 21 heavy (non-hydrogen) atoms. The summed E-state index contributed by atoms with van der Waals surface area (Å²) in [6.45, 7) is -0.401. The van der Waals surface area contributed by atoms with Gasteiger partial charge in [0.05, 0.1) is 13.2 Å². The van der Waals surface area contributed by atoms with Crippen LogP contribution in [0.3, 0.4) is 0 Å². The van der Waals surface area contributed by atoms with E-state index in [1.807, 2.05) is 0 Å². The number of fused-ring (bicyclic) bond motifs is 1. The van der Waals surface area contributed by atoms with E-state index in [4.69, 9.17) is 24.1 Å². The monoisotopic (exact) mass is 300 g/mol. The molecule has 0 aliphatic carbocycles. The molecule has 2 saturated heterocycles. The van der Waals surface area contributed by atoms with E-state index in [0.29, 0.717) is 0 Å². The average molecular weight is 300 g/mol. The summed E-state index contributed by atoms with van der Waals surface area (Å²) in [7, 11) is 0. The number of carboxylic acids is 2. The van der Waals surface area contributed by atoms with Crippen LogP contribution in [-0.4, -0.2) is 63.9 Å². The zero-order valence-electron chi connectivity index (χ0n) is 10.6. The Morgan fingerprint density at radius 3 is 2.57 bits per heavy atom. The topological polar surface area (TPSA) is 147 Å². The third-order valence-corrected chi connectivity index (χ3v) is 3.69. The Hall–Kier alpha value is -1.94. The minimum Gasteiger partial charge on any atom is -0.475 e. The van der Waals surface area contributed by atoms with Crippen molar-refractivity contribution in [1.29, 1.82) is 0 Å². The first kappa shape index (κ1) is 14.0. The van der Waals surface area contributed by atoms with Crippen molar-refractivity contribution >= 4 is 11.9 Å². The van der Waals surface area contributed by atoms with Gasteiger partial charge in [0.1, 0.15) is 23.9 Å². The van der Waals surface area contributed by atoms with Crippen molar-refractivity contribution < 1.29 is 43.9 Å².